The highest BCUT2D eigenvalue weighted by Crippen LogP contribution is 2.37. The summed E-state index contributed by atoms with van der Waals surface area (Å²) in [6, 6.07) is 13.2. The largest absolute Gasteiger partial charge is 0.497 e. The minimum Gasteiger partial charge on any atom is -0.497 e. The Labute approximate surface area is 228 Å². The number of benzene rings is 2. The fourth-order valence-electron chi connectivity index (χ4n) is 4.72. The summed E-state index contributed by atoms with van der Waals surface area (Å²) in [5.41, 5.74) is 13.0. The lowest BCUT2D eigenvalue weighted by Crippen LogP contribution is -2.45. The standard InChI is InChI=1S/C27H28N6O5S/c1-37-16-7-4-6-15(12-16)33(27(36)24-21(28)22(25(29)34)32-39-24)23(26(35)31-13-17-8-5-11-38-17)19-14-30-20-10-3-2-9-18(19)20/h2-4,6-7,9-10,12,14,17,23,30H,5,8,11,13,28H2,1H3,(H2,29,34)(H,31,35)/t17-,23+/m1/s1. The van der Waals surface area contributed by atoms with Gasteiger partial charge in [-0.25, -0.2) is 0 Å². The van der Waals surface area contributed by atoms with Crippen LogP contribution in [0.3, 0.4) is 0 Å². The number of amides is 3. The molecule has 39 heavy (non-hydrogen) atoms. The molecule has 2 aromatic carbocycles. The maximum atomic E-state index is 14.2. The third kappa shape index (κ3) is 5.16. The lowest BCUT2D eigenvalue weighted by atomic mass is 10.0. The number of anilines is 2. The van der Waals surface area contributed by atoms with Crippen molar-refractivity contribution < 1.29 is 23.9 Å². The molecule has 5 rings (SSSR count). The van der Waals surface area contributed by atoms with E-state index in [9.17, 15) is 14.4 Å². The molecule has 1 aliphatic heterocycles. The number of aromatic amines is 1. The number of nitrogens with two attached hydrogens (primary N) is 2. The van der Waals surface area contributed by atoms with Crippen molar-refractivity contribution in [1.82, 2.24) is 14.7 Å². The van der Waals surface area contributed by atoms with Gasteiger partial charge in [0.15, 0.2) is 5.69 Å². The smallest absolute Gasteiger partial charge is 0.273 e. The van der Waals surface area contributed by atoms with Crippen molar-refractivity contribution >= 4 is 51.5 Å². The van der Waals surface area contributed by atoms with Crippen LogP contribution in [0.2, 0.25) is 0 Å². The summed E-state index contributed by atoms with van der Waals surface area (Å²) in [7, 11) is 1.51. The Morgan fingerprint density at radius 3 is 2.79 bits per heavy atom. The number of hydrogen-bond donors (Lipinski definition) is 4. The van der Waals surface area contributed by atoms with Crippen molar-refractivity contribution in [2.24, 2.45) is 5.73 Å². The number of ether oxygens (including phenoxy) is 2. The molecule has 11 nitrogen and oxygen atoms in total. The number of nitrogens with zero attached hydrogens (tertiary/aromatic N) is 2. The second-order valence-electron chi connectivity index (χ2n) is 9.09. The van der Waals surface area contributed by atoms with Crippen molar-refractivity contribution in [2.45, 2.75) is 25.0 Å². The van der Waals surface area contributed by atoms with E-state index in [2.05, 4.69) is 14.7 Å². The van der Waals surface area contributed by atoms with Crippen LogP contribution in [0.4, 0.5) is 11.4 Å². The number of aromatic nitrogens is 2. The fraction of sp³-hybridized carbons (Fsp3) is 0.259. The first-order valence-corrected chi connectivity index (χ1v) is 13.1. The molecule has 0 aliphatic carbocycles. The molecule has 12 heteroatoms. The highest BCUT2D eigenvalue weighted by atomic mass is 32.1. The zero-order chi connectivity index (χ0) is 27.5. The number of nitrogen functional groups attached to an aromatic ring is 1. The molecule has 6 N–H and O–H groups in total. The first-order chi connectivity index (χ1) is 18.9. The van der Waals surface area contributed by atoms with Crippen LogP contribution in [0, 0.1) is 0 Å². The predicted octanol–water partition coefficient (Wildman–Crippen LogP) is 3.00. The monoisotopic (exact) mass is 548 g/mol. The SMILES string of the molecule is COc1cccc(N(C(=O)c2snc(C(N)=O)c2N)[C@H](C(=O)NC[C@H]2CCCO2)c2c[nH]c3ccccc23)c1. The zero-order valence-electron chi connectivity index (χ0n) is 21.2. The normalized spacial score (nSPS) is 15.7. The van der Waals surface area contributed by atoms with Crippen LogP contribution in [0.5, 0.6) is 5.75 Å². The zero-order valence-corrected chi connectivity index (χ0v) is 22.0. The molecule has 1 saturated heterocycles. The number of methoxy groups -OCH3 is 1. The number of carbonyl (C=O) groups is 3. The van der Waals surface area contributed by atoms with Crippen LogP contribution in [0.1, 0.15) is 44.6 Å². The van der Waals surface area contributed by atoms with Gasteiger partial charge in [-0.1, -0.05) is 24.3 Å². The number of nitrogens with one attached hydrogen (secondary N) is 2. The first kappa shape index (κ1) is 26.2. The van der Waals surface area contributed by atoms with E-state index in [1.54, 1.807) is 30.5 Å². The molecule has 2 aromatic heterocycles. The summed E-state index contributed by atoms with van der Waals surface area (Å²) in [4.78, 5) is 44.6. The van der Waals surface area contributed by atoms with Crippen molar-refractivity contribution in [3.63, 3.8) is 0 Å². The molecule has 2 atom stereocenters. The molecule has 1 aliphatic rings. The van der Waals surface area contributed by atoms with Gasteiger partial charge in [0.2, 0.25) is 5.91 Å². The van der Waals surface area contributed by atoms with Crippen molar-refractivity contribution in [2.75, 3.05) is 30.9 Å². The van der Waals surface area contributed by atoms with E-state index < -0.39 is 23.8 Å². The number of rotatable bonds is 9. The first-order valence-electron chi connectivity index (χ1n) is 12.4. The molecular weight excluding hydrogens is 520 g/mol. The number of fused-ring (bicyclic) bond motifs is 1. The van der Waals surface area contributed by atoms with E-state index in [0.29, 0.717) is 30.2 Å². The summed E-state index contributed by atoms with van der Waals surface area (Å²) in [6.07, 6.45) is 3.37. The number of para-hydroxylation sites is 1. The molecular formula is C27H28N6O5S. The third-order valence-corrected chi connectivity index (χ3v) is 7.51. The Balaban J connectivity index is 1.66. The van der Waals surface area contributed by atoms with Gasteiger partial charge in [0.1, 0.15) is 16.7 Å². The van der Waals surface area contributed by atoms with Gasteiger partial charge in [-0.15, -0.1) is 0 Å². The Hall–Kier alpha value is -4.42. The molecule has 3 amide bonds. The molecule has 0 radical (unpaired) electrons. The van der Waals surface area contributed by atoms with Gasteiger partial charge in [0.25, 0.3) is 11.8 Å². The van der Waals surface area contributed by atoms with Crippen LogP contribution in [-0.4, -0.2) is 53.4 Å². The summed E-state index contributed by atoms with van der Waals surface area (Å²) in [6.45, 7) is 0.944. The topological polar surface area (TPSA) is 166 Å². The van der Waals surface area contributed by atoms with E-state index >= 15 is 0 Å². The average Bonchev–Trinajstić information content (AvgIpc) is 3.70. The van der Waals surface area contributed by atoms with Crippen LogP contribution >= 0.6 is 11.5 Å². The second kappa shape index (κ2) is 11.1. The van der Waals surface area contributed by atoms with Gasteiger partial charge in [-0.05, 0) is 42.6 Å². The number of carbonyl (C=O) groups excluding carboxylic acids is 3. The average molecular weight is 549 g/mol. The molecule has 0 bridgehead atoms. The Kier molecular flexibility index (Phi) is 7.48. The van der Waals surface area contributed by atoms with Crippen LogP contribution < -0.4 is 26.4 Å². The van der Waals surface area contributed by atoms with E-state index in [0.717, 1.165) is 35.3 Å². The molecule has 0 spiro atoms. The molecule has 4 aromatic rings. The maximum Gasteiger partial charge on any atom is 0.273 e. The minimum absolute atomic E-state index is 0.0108. The summed E-state index contributed by atoms with van der Waals surface area (Å²) in [5.74, 6) is -1.39. The highest BCUT2D eigenvalue weighted by Gasteiger charge is 2.37. The van der Waals surface area contributed by atoms with Crippen molar-refractivity contribution in [1.29, 1.82) is 0 Å². The fourth-order valence-corrected chi connectivity index (χ4v) is 5.46. The Morgan fingerprint density at radius 1 is 1.26 bits per heavy atom. The maximum absolute atomic E-state index is 14.2. The number of H-pyrrole nitrogens is 1. The van der Waals surface area contributed by atoms with Crippen molar-refractivity contribution in [3.8, 4) is 5.75 Å². The van der Waals surface area contributed by atoms with Gasteiger partial charge in [-0.2, -0.15) is 4.37 Å². The van der Waals surface area contributed by atoms with Gasteiger partial charge in [0.05, 0.1) is 18.9 Å². The van der Waals surface area contributed by atoms with Crippen LogP contribution in [-0.2, 0) is 9.53 Å². The summed E-state index contributed by atoms with van der Waals surface area (Å²) >= 11 is 0.751. The molecule has 0 saturated carbocycles. The van der Waals surface area contributed by atoms with E-state index in [1.165, 1.54) is 12.0 Å². The Morgan fingerprint density at radius 2 is 2.08 bits per heavy atom. The van der Waals surface area contributed by atoms with Crippen molar-refractivity contribution in [3.05, 3.63) is 70.9 Å². The molecule has 0 unspecified atom stereocenters. The molecule has 1 fully saturated rings. The second-order valence-corrected chi connectivity index (χ2v) is 9.86. The summed E-state index contributed by atoms with van der Waals surface area (Å²) < 4.78 is 15.1. The lowest BCUT2D eigenvalue weighted by molar-refractivity contribution is -0.123. The van der Waals surface area contributed by atoms with Gasteiger partial charge in [0, 0.05) is 47.6 Å². The minimum atomic E-state index is -1.12. The van der Waals surface area contributed by atoms with Crippen LogP contribution in [0.25, 0.3) is 10.9 Å². The van der Waals surface area contributed by atoms with E-state index in [1.807, 2.05) is 24.3 Å². The lowest BCUT2D eigenvalue weighted by Gasteiger charge is -2.31. The van der Waals surface area contributed by atoms with E-state index in [4.69, 9.17) is 20.9 Å². The highest BCUT2D eigenvalue weighted by molar-refractivity contribution is 7.09. The number of hydrogen-bond acceptors (Lipinski definition) is 8. The van der Waals surface area contributed by atoms with Crippen LogP contribution in [0.15, 0.2) is 54.7 Å². The van der Waals surface area contributed by atoms with Gasteiger partial charge < -0.3 is 31.2 Å². The van der Waals surface area contributed by atoms with E-state index in [-0.39, 0.29) is 22.4 Å². The van der Waals surface area contributed by atoms with Gasteiger partial charge >= 0.3 is 0 Å². The molecule has 202 valence electrons. The third-order valence-electron chi connectivity index (χ3n) is 6.66. The quantitative estimate of drug-likeness (QED) is 0.249. The van der Waals surface area contributed by atoms with Gasteiger partial charge in [-0.3, -0.25) is 19.3 Å². The molecule has 3 heterocycles. The summed E-state index contributed by atoms with van der Waals surface area (Å²) in [5, 5.41) is 3.75. The Bertz CT molecular complexity index is 1530. The number of primary amides is 1. The predicted molar refractivity (Wildman–Crippen MR) is 148 cm³/mol.